The molecule has 1 aromatic rings. The smallest absolute Gasteiger partial charge is 0.200 e. The summed E-state index contributed by atoms with van der Waals surface area (Å²) in [7, 11) is -3.40. The van der Waals surface area contributed by atoms with Crippen LogP contribution in [-0.2, 0) is 14.6 Å². The van der Waals surface area contributed by atoms with E-state index in [0.717, 1.165) is 5.41 Å². The summed E-state index contributed by atoms with van der Waals surface area (Å²) in [6.45, 7) is 0. The SMILES string of the molecule is O=CCC1=CS(=O)(=O)c2cc(Cl)ccc21. The fourth-order valence-corrected chi connectivity index (χ4v) is 3.32. The molecule has 3 nitrogen and oxygen atoms in total. The Morgan fingerprint density at radius 2 is 2.07 bits per heavy atom. The van der Waals surface area contributed by atoms with Gasteiger partial charge in [0.25, 0.3) is 0 Å². The van der Waals surface area contributed by atoms with Crippen LogP contribution in [0.5, 0.6) is 0 Å². The van der Waals surface area contributed by atoms with Gasteiger partial charge in [0, 0.05) is 16.9 Å². The van der Waals surface area contributed by atoms with E-state index in [4.69, 9.17) is 11.6 Å². The molecule has 0 aromatic heterocycles. The Bertz CT molecular complexity index is 558. The van der Waals surface area contributed by atoms with Crippen molar-refractivity contribution in [3.8, 4) is 0 Å². The highest BCUT2D eigenvalue weighted by Crippen LogP contribution is 2.36. The maximum Gasteiger partial charge on any atom is 0.200 e. The maximum absolute atomic E-state index is 11.6. The molecule has 0 spiro atoms. The standard InChI is InChI=1S/C10H7ClO3S/c11-8-1-2-9-7(3-4-12)6-15(13,14)10(9)5-8/h1-2,4-6H,3H2. The lowest BCUT2D eigenvalue weighted by Gasteiger charge is -2.01. The topological polar surface area (TPSA) is 51.2 Å². The monoisotopic (exact) mass is 242 g/mol. The van der Waals surface area contributed by atoms with Gasteiger partial charge in [-0.25, -0.2) is 8.42 Å². The summed E-state index contributed by atoms with van der Waals surface area (Å²) in [6.07, 6.45) is 0.791. The second kappa shape index (κ2) is 3.47. The zero-order valence-corrected chi connectivity index (χ0v) is 9.18. The number of fused-ring (bicyclic) bond motifs is 1. The van der Waals surface area contributed by atoms with Crippen LogP contribution in [0.2, 0.25) is 5.02 Å². The molecule has 5 heteroatoms. The number of hydrogen-bond donors (Lipinski definition) is 0. The number of rotatable bonds is 2. The normalized spacial score (nSPS) is 17.0. The predicted molar refractivity (Wildman–Crippen MR) is 57.3 cm³/mol. The lowest BCUT2D eigenvalue weighted by molar-refractivity contribution is -0.107. The molecule has 0 bridgehead atoms. The minimum atomic E-state index is -3.40. The van der Waals surface area contributed by atoms with E-state index in [-0.39, 0.29) is 11.3 Å². The fraction of sp³-hybridized carbons (Fsp3) is 0.100. The molecular formula is C10H7ClO3S. The van der Waals surface area contributed by atoms with Gasteiger partial charge < -0.3 is 4.79 Å². The second-order valence-electron chi connectivity index (χ2n) is 3.20. The van der Waals surface area contributed by atoms with Gasteiger partial charge >= 0.3 is 0 Å². The van der Waals surface area contributed by atoms with Gasteiger partial charge in [-0.1, -0.05) is 17.7 Å². The summed E-state index contributed by atoms with van der Waals surface area (Å²) < 4.78 is 23.3. The lowest BCUT2D eigenvalue weighted by atomic mass is 10.1. The minimum Gasteiger partial charge on any atom is -0.303 e. The molecule has 0 saturated carbocycles. The predicted octanol–water partition coefficient (Wildman–Crippen LogP) is 2.06. The number of carbonyl (C=O) groups is 1. The van der Waals surface area contributed by atoms with E-state index in [1.807, 2.05) is 0 Å². The van der Waals surface area contributed by atoms with Crippen LogP contribution in [0.15, 0.2) is 28.5 Å². The van der Waals surface area contributed by atoms with Crippen LogP contribution in [0.4, 0.5) is 0 Å². The first kappa shape index (κ1) is 10.4. The Kier molecular flexibility index (Phi) is 2.40. The number of hydrogen-bond acceptors (Lipinski definition) is 3. The molecule has 2 rings (SSSR count). The lowest BCUT2D eigenvalue weighted by Crippen LogP contribution is -1.92. The van der Waals surface area contributed by atoms with Gasteiger partial charge in [-0.15, -0.1) is 0 Å². The number of aldehydes is 1. The number of benzene rings is 1. The van der Waals surface area contributed by atoms with Crippen molar-refractivity contribution in [2.24, 2.45) is 0 Å². The van der Waals surface area contributed by atoms with Crippen LogP contribution in [0, 0.1) is 0 Å². The van der Waals surface area contributed by atoms with Crippen molar-refractivity contribution in [1.29, 1.82) is 0 Å². The Balaban J connectivity index is 2.67. The van der Waals surface area contributed by atoms with Gasteiger partial charge in [-0.3, -0.25) is 0 Å². The molecule has 0 unspecified atom stereocenters. The van der Waals surface area contributed by atoms with E-state index in [2.05, 4.69) is 0 Å². The zero-order chi connectivity index (χ0) is 11.1. The Labute approximate surface area is 92.3 Å². The molecule has 0 amide bonds. The minimum absolute atomic E-state index is 0.105. The second-order valence-corrected chi connectivity index (χ2v) is 5.40. The van der Waals surface area contributed by atoms with E-state index in [1.54, 1.807) is 12.1 Å². The summed E-state index contributed by atoms with van der Waals surface area (Å²) in [6, 6.07) is 4.64. The van der Waals surface area contributed by atoms with Crippen LogP contribution < -0.4 is 0 Å². The summed E-state index contributed by atoms with van der Waals surface area (Å²) in [4.78, 5) is 10.6. The molecule has 15 heavy (non-hydrogen) atoms. The van der Waals surface area contributed by atoms with E-state index in [0.29, 0.717) is 22.4 Å². The Hall–Kier alpha value is -1.13. The first-order chi connectivity index (χ1) is 7.04. The molecule has 1 heterocycles. The van der Waals surface area contributed by atoms with E-state index in [9.17, 15) is 13.2 Å². The van der Waals surface area contributed by atoms with E-state index >= 15 is 0 Å². The Morgan fingerprint density at radius 1 is 1.33 bits per heavy atom. The highest BCUT2D eigenvalue weighted by molar-refractivity contribution is 7.95. The molecule has 0 saturated heterocycles. The van der Waals surface area contributed by atoms with Crippen LogP contribution in [0.1, 0.15) is 12.0 Å². The molecule has 0 atom stereocenters. The van der Waals surface area contributed by atoms with Gasteiger partial charge in [-0.2, -0.15) is 0 Å². The van der Waals surface area contributed by atoms with Crippen LogP contribution in [0.3, 0.4) is 0 Å². The number of halogens is 1. The molecule has 78 valence electrons. The van der Waals surface area contributed by atoms with Gasteiger partial charge in [0.1, 0.15) is 6.29 Å². The average molecular weight is 243 g/mol. The Morgan fingerprint density at radius 3 is 2.73 bits per heavy atom. The van der Waals surface area contributed by atoms with Crippen molar-refractivity contribution in [2.75, 3.05) is 0 Å². The highest BCUT2D eigenvalue weighted by atomic mass is 35.5. The quantitative estimate of drug-likeness (QED) is 0.746. The third-order valence-corrected chi connectivity index (χ3v) is 3.98. The van der Waals surface area contributed by atoms with Crippen LogP contribution >= 0.6 is 11.6 Å². The maximum atomic E-state index is 11.6. The molecule has 0 radical (unpaired) electrons. The molecule has 0 aliphatic carbocycles. The molecule has 1 aromatic carbocycles. The largest absolute Gasteiger partial charge is 0.303 e. The molecule has 1 aliphatic heterocycles. The van der Waals surface area contributed by atoms with Crippen molar-refractivity contribution < 1.29 is 13.2 Å². The summed E-state index contributed by atoms with van der Waals surface area (Å²) in [5, 5.41) is 1.50. The number of allylic oxidation sites excluding steroid dienone is 1. The summed E-state index contributed by atoms with van der Waals surface area (Å²) >= 11 is 5.72. The van der Waals surface area contributed by atoms with Crippen molar-refractivity contribution >= 4 is 33.3 Å². The number of sulfone groups is 1. The van der Waals surface area contributed by atoms with Gasteiger partial charge in [0.15, 0.2) is 0 Å². The third-order valence-electron chi connectivity index (χ3n) is 2.20. The number of carbonyl (C=O) groups excluding carboxylic acids is 1. The van der Waals surface area contributed by atoms with E-state index in [1.165, 1.54) is 6.07 Å². The fourth-order valence-electron chi connectivity index (χ4n) is 1.56. The van der Waals surface area contributed by atoms with Gasteiger partial charge in [0.2, 0.25) is 9.84 Å². The van der Waals surface area contributed by atoms with Crippen LogP contribution in [-0.4, -0.2) is 14.7 Å². The van der Waals surface area contributed by atoms with Crippen molar-refractivity contribution in [3.63, 3.8) is 0 Å². The first-order valence-corrected chi connectivity index (χ1v) is 6.16. The van der Waals surface area contributed by atoms with Crippen molar-refractivity contribution in [1.82, 2.24) is 0 Å². The molecular weight excluding hydrogens is 236 g/mol. The molecule has 0 N–H and O–H groups in total. The third kappa shape index (κ3) is 1.70. The summed E-state index contributed by atoms with van der Waals surface area (Å²) in [5.74, 6) is 0. The van der Waals surface area contributed by atoms with Crippen molar-refractivity contribution in [2.45, 2.75) is 11.3 Å². The van der Waals surface area contributed by atoms with Gasteiger partial charge in [-0.05, 0) is 23.3 Å². The van der Waals surface area contributed by atoms with Crippen LogP contribution in [0.25, 0.3) is 5.57 Å². The highest BCUT2D eigenvalue weighted by Gasteiger charge is 2.26. The van der Waals surface area contributed by atoms with Gasteiger partial charge in [0.05, 0.1) is 4.90 Å². The van der Waals surface area contributed by atoms with E-state index < -0.39 is 9.84 Å². The molecule has 0 fully saturated rings. The van der Waals surface area contributed by atoms with Crippen molar-refractivity contribution in [3.05, 3.63) is 34.2 Å². The summed E-state index contributed by atoms with van der Waals surface area (Å²) in [5.41, 5.74) is 1.10. The molecule has 1 aliphatic rings. The zero-order valence-electron chi connectivity index (χ0n) is 7.60. The average Bonchev–Trinajstić information content (AvgIpc) is 2.39. The first-order valence-electron chi connectivity index (χ1n) is 4.24.